The molecule has 0 aliphatic rings. The Balaban J connectivity index is 1.52. The molecule has 2 aromatic carbocycles. The van der Waals surface area contributed by atoms with Crippen molar-refractivity contribution in [1.29, 1.82) is 0 Å². The maximum atomic E-state index is 5.75. The third kappa shape index (κ3) is 4.68. The van der Waals surface area contributed by atoms with Gasteiger partial charge in [0.2, 0.25) is 0 Å². The molecule has 0 saturated carbocycles. The van der Waals surface area contributed by atoms with E-state index in [1.165, 1.54) is 0 Å². The predicted molar refractivity (Wildman–Crippen MR) is 92.7 cm³/mol. The molecule has 4 heteroatoms. The minimum Gasteiger partial charge on any atom is -0.489 e. The minimum atomic E-state index is 0.565. The van der Waals surface area contributed by atoms with Crippen LogP contribution in [0.4, 0.5) is 5.82 Å². The summed E-state index contributed by atoms with van der Waals surface area (Å²) in [4.78, 5) is 4.13. The van der Waals surface area contributed by atoms with E-state index in [0.29, 0.717) is 12.4 Å². The van der Waals surface area contributed by atoms with Crippen LogP contribution in [-0.2, 0) is 6.61 Å². The zero-order chi connectivity index (χ0) is 15.7. The lowest BCUT2D eigenvalue weighted by Crippen LogP contribution is -1.95. The van der Waals surface area contributed by atoms with Gasteiger partial charge in [-0.1, -0.05) is 36.4 Å². The molecule has 23 heavy (non-hydrogen) atoms. The Bertz CT molecular complexity index is 741. The third-order valence-corrected chi connectivity index (χ3v) is 3.19. The smallest absolute Gasteiger partial charge is 0.146 e. The highest BCUT2D eigenvalue weighted by Crippen LogP contribution is 2.13. The Morgan fingerprint density at radius 2 is 1.70 bits per heavy atom. The van der Waals surface area contributed by atoms with Crippen molar-refractivity contribution in [1.82, 2.24) is 4.98 Å². The Labute approximate surface area is 135 Å². The number of hydrogen-bond donors (Lipinski definition) is 1. The van der Waals surface area contributed by atoms with E-state index in [1.54, 1.807) is 12.4 Å². The van der Waals surface area contributed by atoms with Crippen LogP contribution in [0.5, 0.6) is 5.75 Å². The highest BCUT2D eigenvalue weighted by molar-refractivity contribution is 5.80. The topological polar surface area (TPSA) is 46.5 Å². The summed E-state index contributed by atoms with van der Waals surface area (Å²) < 4.78 is 5.75. The molecule has 4 nitrogen and oxygen atoms in total. The fraction of sp³-hybridized carbons (Fsp3) is 0.0526. The standard InChI is InChI=1S/C19H17N3O/c1-2-6-17(7-3-1)15-23-18-11-9-16(10-12-18)14-21-22-19-8-4-5-13-20-19/h1-14H,15H2,(H,20,22). The Morgan fingerprint density at radius 3 is 2.43 bits per heavy atom. The largest absolute Gasteiger partial charge is 0.489 e. The van der Waals surface area contributed by atoms with Gasteiger partial charge in [-0.05, 0) is 47.5 Å². The molecule has 1 heterocycles. The molecule has 3 rings (SSSR count). The Kier molecular flexibility index (Phi) is 4.98. The maximum Gasteiger partial charge on any atom is 0.146 e. The average Bonchev–Trinajstić information content (AvgIpc) is 2.63. The first-order valence-electron chi connectivity index (χ1n) is 7.37. The highest BCUT2D eigenvalue weighted by atomic mass is 16.5. The molecule has 1 N–H and O–H groups in total. The molecule has 0 aliphatic heterocycles. The van der Waals surface area contributed by atoms with E-state index in [9.17, 15) is 0 Å². The van der Waals surface area contributed by atoms with E-state index in [4.69, 9.17) is 4.74 Å². The van der Waals surface area contributed by atoms with E-state index in [-0.39, 0.29) is 0 Å². The highest BCUT2D eigenvalue weighted by Gasteiger charge is 1.96. The second-order valence-corrected chi connectivity index (χ2v) is 4.93. The number of aromatic nitrogens is 1. The van der Waals surface area contributed by atoms with Gasteiger partial charge in [0.15, 0.2) is 0 Å². The summed E-state index contributed by atoms with van der Waals surface area (Å²) in [5.74, 6) is 1.55. The second kappa shape index (κ2) is 7.75. The third-order valence-electron chi connectivity index (χ3n) is 3.19. The minimum absolute atomic E-state index is 0.565. The molecule has 0 bridgehead atoms. The zero-order valence-electron chi connectivity index (χ0n) is 12.6. The van der Waals surface area contributed by atoms with Gasteiger partial charge in [-0.25, -0.2) is 4.98 Å². The van der Waals surface area contributed by atoms with Crippen molar-refractivity contribution in [3.05, 3.63) is 90.1 Å². The van der Waals surface area contributed by atoms with Crippen LogP contribution in [0.2, 0.25) is 0 Å². The average molecular weight is 303 g/mol. The number of pyridine rings is 1. The summed E-state index contributed by atoms with van der Waals surface area (Å²) in [7, 11) is 0. The van der Waals surface area contributed by atoms with Gasteiger partial charge in [0.25, 0.3) is 0 Å². The molecule has 0 amide bonds. The number of hydrazone groups is 1. The summed E-state index contributed by atoms with van der Waals surface area (Å²) in [6.45, 7) is 0.565. The molecule has 0 unspecified atom stereocenters. The summed E-state index contributed by atoms with van der Waals surface area (Å²) >= 11 is 0. The fourth-order valence-corrected chi connectivity index (χ4v) is 1.99. The first kappa shape index (κ1) is 14.8. The molecule has 0 radical (unpaired) electrons. The zero-order valence-corrected chi connectivity index (χ0v) is 12.6. The number of nitrogens with zero attached hydrogens (tertiary/aromatic N) is 2. The summed E-state index contributed by atoms with van der Waals surface area (Å²) in [5, 5.41) is 4.16. The molecular weight excluding hydrogens is 286 g/mol. The van der Waals surface area contributed by atoms with Crippen LogP contribution in [0.25, 0.3) is 0 Å². The van der Waals surface area contributed by atoms with Crippen LogP contribution >= 0.6 is 0 Å². The Hall–Kier alpha value is -3.14. The molecule has 114 valence electrons. The van der Waals surface area contributed by atoms with E-state index in [1.807, 2.05) is 72.8 Å². The number of benzene rings is 2. The van der Waals surface area contributed by atoms with Gasteiger partial charge in [0.05, 0.1) is 6.21 Å². The van der Waals surface area contributed by atoms with Gasteiger partial charge in [-0.3, -0.25) is 5.43 Å². The van der Waals surface area contributed by atoms with Gasteiger partial charge in [-0.2, -0.15) is 5.10 Å². The van der Waals surface area contributed by atoms with Crippen LogP contribution in [0.3, 0.4) is 0 Å². The van der Waals surface area contributed by atoms with Crippen LogP contribution in [-0.4, -0.2) is 11.2 Å². The van der Waals surface area contributed by atoms with Gasteiger partial charge < -0.3 is 4.74 Å². The van der Waals surface area contributed by atoms with Crippen LogP contribution in [0.15, 0.2) is 84.1 Å². The molecular formula is C19H17N3O. The van der Waals surface area contributed by atoms with Crippen LogP contribution in [0, 0.1) is 0 Å². The molecule has 0 aliphatic carbocycles. The molecule has 0 atom stereocenters. The number of nitrogens with one attached hydrogen (secondary N) is 1. The van der Waals surface area contributed by atoms with Gasteiger partial charge in [0, 0.05) is 6.20 Å². The first-order chi connectivity index (χ1) is 11.4. The van der Waals surface area contributed by atoms with Crippen molar-refractivity contribution in [2.75, 3.05) is 5.43 Å². The lowest BCUT2D eigenvalue weighted by atomic mass is 10.2. The van der Waals surface area contributed by atoms with Gasteiger partial charge >= 0.3 is 0 Å². The van der Waals surface area contributed by atoms with Crippen LogP contribution in [0.1, 0.15) is 11.1 Å². The fourth-order valence-electron chi connectivity index (χ4n) is 1.99. The lowest BCUT2D eigenvalue weighted by molar-refractivity contribution is 0.306. The molecule has 3 aromatic rings. The Morgan fingerprint density at radius 1 is 0.913 bits per heavy atom. The van der Waals surface area contributed by atoms with E-state index >= 15 is 0 Å². The van der Waals surface area contributed by atoms with Gasteiger partial charge in [-0.15, -0.1) is 0 Å². The van der Waals surface area contributed by atoms with Crippen molar-refractivity contribution < 1.29 is 4.74 Å². The quantitative estimate of drug-likeness (QED) is 0.550. The maximum absolute atomic E-state index is 5.75. The number of anilines is 1. The molecule has 0 fully saturated rings. The summed E-state index contributed by atoms with van der Waals surface area (Å²) in [6.07, 6.45) is 3.46. The van der Waals surface area contributed by atoms with Crippen molar-refractivity contribution in [2.24, 2.45) is 5.10 Å². The lowest BCUT2D eigenvalue weighted by Gasteiger charge is -2.06. The predicted octanol–water partition coefficient (Wildman–Crippen LogP) is 4.11. The van der Waals surface area contributed by atoms with E-state index in [2.05, 4.69) is 15.5 Å². The molecule has 0 spiro atoms. The summed E-state index contributed by atoms with van der Waals surface area (Å²) in [5.41, 5.74) is 5.02. The van der Waals surface area contributed by atoms with Crippen molar-refractivity contribution in [3.63, 3.8) is 0 Å². The monoisotopic (exact) mass is 303 g/mol. The van der Waals surface area contributed by atoms with Crippen molar-refractivity contribution >= 4 is 12.0 Å². The SMILES string of the molecule is C(=NNc1ccccn1)c1ccc(OCc2ccccc2)cc1. The number of hydrogen-bond acceptors (Lipinski definition) is 4. The summed E-state index contributed by atoms with van der Waals surface area (Å²) in [6, 6.07) is 23.5. The van der Waals surface area contributed by atoms with Crippen LogP contribution < -0.4 is 10.2 Å². The van der Waals surface area contributed by atoms with Crippen molar-refractivity contribution in [3.8, 4) is 5.75 Å². The van der Waals surface area contributed by atoms with Crippen molar-refractivity contribution in [2.45, 2.75) is 6.61 Å². The molecule has 1 aromatic heterocycles. The number of ether oxygens (including phenoxy) is 1. The molecule has 0 saturated heterocycles. The van der Waals surface area contributed by atoms with Gasteiger partial charge in [0.1, 0.15) is 18.2 Å². The van der Waals surface area contributed by atoms with E-state index < -0.39 is 0 Å². The first-order valence-corrected chi connectivity index (χ1v) is 7.37. The normalized spacial score (nSPS) is 10.6. The number of rotatable bonds is 6. The van der Waals surface area contributed by atoms with E-state index in [0.717, 1.165) is 16.9 Å². The second-order valence-electron chi connectivity index (χ2n) is 4.93.